The Morgan fingerprint density at radius 1 is 1.59 bits per heavy atom. The van der Waals surface area contributed by atoms with E-state index in [9.17, 15) is 4.39 Å². The number of nitrogens with two attached hydrogens (primary N) is 1. The molecule has 4 nitrogen and oxygen atoms in total. The maximum atomic E-state index is 13.6. The number of ether oxygens (including phenoxy) is 1. The molecular formula is C11H12FN3OS. The first kappa shape index (κ1) is 12.0. The first-order chi connectivity index (χ1) is 8.26. The van der Waals surface area contributed by atoms with Gasteiger partial charge in [0.05, 0.1) is 19.3 Å². The molecule has 2 rings (SSSR count). The summed E-state index contributed by atoms with van der Waals surface area (Å²) in [4.78, 5) is 4.60. The number of rotatable bonds is 4. The average Bonchev–Trinajstić information content (AvgIpc) is 2.81. The number of halogens is 1. The maximum absolute atomic E-state index is 13.6. The van der Waals surface area contributed by atoms with Crippen molar-refractivity contribution < 1.29 is 9.13 Å². The van der Waals surface area contributed by atoms with Crippen LogP contribution in [-0.2, 0) is 0 Å². The van der Waals surface area contributed by atoms with Gasteiger partial charge in [0.25, 0.3) is 0 Å². The molecule has 0 spiro atoms. The van der Waals surface area contributed by atoms with E-state index in [0.717, 1.165) is 10.6 Å². The van der Waals surface area contributed by atoms with E-state index in [4.69, 9.17) is 10.6 Å². The van der Waals surface area contributed by atoms with Gasteiger partial charge >= 0.3 is 0 Å². The van der Waals surface area contributed by atoms with Crippen LogP contribution in [0.3, 0.4) is 0 Å². The minimum Gasteiger partial charge on any atom is -0.496 e. The molecule has 0 aliphatic carbocycles. The van der Waals surface area contributed by atoms with Gasteiger partial charge in [-0.05, 0) is 12.1 Å². The molecule has 0 aromatic carbocycles. The smallest absolute Gasteiger partial charge is 0.146 e. The van der Waals surface area contributed by atoms with Crippen LogP contribution in [0.2, 0.25) is 0 Å². The molecule has 0 aliphatic heterocycles. The van der Waals surface area contributed by atoms with Gasteiger partial charge in [-0.25, -0.2) is 9.82 Å². The van der Waals surface area contributed by atoms with E-state index < -0.39 is 6.04 Å². The van der Waals surface area contributed by atoms with E-state index in [-0.39, 0.29) is 5.82 Å². The number of thiophene rings is 1. The third-order valence-electron chi connectivity index (χ3n) is 2.40. The van der Waals surface area contributed by atoms with Crippen molar-refractivity contribution >= 4 is 11.3 Å². The molecule has 0 saturated heterocycles. The van der Waals surface area contributed by atoms with E-state index in [2.05, 4.69) is 10.4 Å². The minimum atomic E-state index is -0.396. The van der Waals surface area contributed by atoms with Gasteiger partial charge in [-0.15, -0.1) is 11.3 Å². The van der Waals surface area contributed by atoms with Gasteiger partial charge in [-0.1, -0.05) is 0 Å². The lowest BCUT2D eigenvalue weighted by molar-refractivity contribution is 0.416. The van der Waals surface area contributed by atoms with Crippen LogP contribution in [0.15, 0.2) is 29.9 Å². The standard InChI is InChI=1S/C11H12FN3OS/c1-16-7-4-10(17-6-7)11(15-13)8-2-3-14-5-9(8)12/h2-6,11,15H,13H2,1H3. The Hall–Kier alpha value is -1.50. The van der Waals surface area contributed by atoms with Crippen molar-refractivity contribution in [3.63, 3.8) is 0 Å². The summed E-state index contributed by atoms with van der Waals surface area (Å²) >= 11 is 1.46. The lowest BCUT2D eigenvalue weighted by Crippen LogP contribution is -2.28. The van der Waals surface area contributed by atoms with Gasteiger partial charge in [0.2, 0.25) is 0 Å². The molecule has 2 aromatic rings. The summed E-state index contributed by atoms with van der Waals surface area (Å²) in [5.41, 5.74) is 3.06. The largest absolute Gasteiger partial charge is 0.496 e. The predicted molar refractivity (Wildman–Crippen MR) is 64.2 cm³/mol. The fourth-order valence-electron chi connectivity index (χ4n) is 1.54. The molecule has 6 heteroatoms. The normalized spacial score (nSPS) is 12.4. The van der Waals surface area contributed by atoms with E-state index in [1.807, 2.05) is 11.4 Å². The van der Waals surface area contributed by atoms with Crippen LogP contribution in [-0.4, -0.2) is 12.1 Å². The maximum Gasteiger partial charge on any atom is 0.146 e. The fraction of sp³-hybridized carbons (Fsp3) is 0.182. The zero-order valence-corrected chi connectivity index (χ0v) is 10.00. The number of nitrogens with zero attached hydrogens (tertiary/aromatic N) is 1. The highest BCUT2D eigenvalue weighted by atomic mass is 32.1. The number of hydrogen-bond acceptors (Lipinski definition) is 5. The second kappa shape index (κ2) is 5.22. The van der Waals surface area contributed by atoms with Crippen LogP contribution >= 0.6 is 11.3 Å². The molecule has 0 fully saturated rings. The molecule has 1 unspecified atom stereocenters. The van der Waals surface area contributed by atoms with Gasteiger partial charge in [0.15, 0.2) is 0 Å². The van der Waals surface area contributed by atoms with Crippen molar-refractivity contribution in [3.8, 4) is 5.75 Å². The highest BCUT2D eigenvalue weighted by Gasteiger charge is 2.18. The van der Waals surface area contributed by atoms with Crippen LogP contribution in [0.1, 0.15) is 16.5 Å². The molecule has 0 saturated carbocycles. The zero-order valence-electron chi connectivity index (χ0n) is 9.18. The third kappa shape index (κ3) is 2.44. The van der Waals surface area contributed by atoms with Gasteiger partial charge in [-0.3, -0.25) is 10.8 Å². The molecule has 0 radical (unpaired) electrons. The van der Waals surface area contributed by atoms with Crippen molar-refractivity contribution in [2.24, 2.45) is 5.84 Å². The molecule has 0 aliphatic rings. The number of hydrazine groups is 1. The summed E-state index contributed by atoms with van der Waals surface area (Å²) in [5.74, 6) is 5.83. The Morgan fingerprint density at radius 2 is 2.41 bits per heavy atom. The van der Waals surface area contributed by atoms with Crippen LogP contribution in [0, 0.1) is 5.82 Å². The van der Waals surface area contributed by atoms with Crippen molar-refractivity contribution in [1.29, 1.82) is 0 Å². The Balaban J connectivity index is 2.36. The SMILES string of the molecule is COc1csc(C(NN)c2ccncc2F)c1. The topological polar surface area (TPSA) is 60.2 Å². The minimum absolute atomic E-state index is 0.386. The predicted octanol–water partition coefficient (Wildman–Crippen LogP) is 1.84. The fourth-order valence-corrected chi connectivity index (χ4v) is 2.47. The van der Waals surface area contributed by atoms with Crippen LogP contribution in [0.25, 0.3) is 0 Å². The monoisotopic (exact) mass is 253 g/mol. The Morgan fingerprint density at radius 3 is 3.00 bits per heavy atom. The second-order valence-electron chi connectivity index (χ2n) is 3.39. The molecule has 0 amide bonds. The molecule has 3 N–H and O–H groups in total. The van der Waals surface area contributed by atoms with Crippen molar-refractivity contribution in [2.45, 2.75) is 6.04 Å². The van der Waals surface area contributed by atoms with Crippen LogP contribution in [0.5, 0.6) is 5.75 Å². The van der Waals surface area contributed by atoms with Gasteiger partial charge in [-0.2, -0.15) is 0 Å². The summed E-state index contributed by atoms with van der Waals surface area (Å²) in [6.07, 6.45) is 2.71. The first-order valence-corrected chi connectivity index (χ1v) is 5.82. The Kier molecular flexibility index (Phi) is 3.68. The molecule has 17 heavy (non-hydrogen) atoms. The third-order valence-corrected chi connectivity index (χ3v) is 3.37. The first-order valence-electron chi connectivity index (χ1n) is 4.94. The lowest BCUT2D eigenvalue weighted by Gasteiger charge is -2.14. The van der Waals surface area contributed by atoms with Crippen LogP contribution < -0.4 is 16.0 Å². The summed E-state index contributed by atoms with van der Waals surface area (Å²) in [5, 5.41) is 1.85. The van der Waals surface area contributed by atoms with E-state index in [1.165, 1.54) is 23.7 Å². The van der Waals surface area contributed by atoms with Gasteiger partial charge in [0, 0.05) is 22.0 Å². The summed E-state index contributed by atoms with van der Waals surface area (Å²) in [7, 11) is 1.59. The molecule has 0 bridgehead atoms. The molecular weight excluding hydrogens is 241 g/mol. The van der Waals surface area contributed by atoms with Gasteiger partial charge in [0.1, 0.15) is 11.6 Å². The Bertz CT molecular complexity index is 503. The van der Waals surface area contributed by atoms with E-state index >= 15 is 0 Å². The quantitative estimate of drug-likeness (QED) is 0.645. The number of hydrogen-bond donors (Lipinski definition) is 2. The van der Waals surface area contributed by atoms with E-state index in [0.29, 0.717) is 5.56 Å². The molecule has 90 valence electrons. The molecule has 2 aromatic heterocycles. The number of nitrogens with one attached hydrogen (secondary N) is 1. The second-order valence-corrected chi connectivity index (χ2v) is 4.33. The highest BCUT2D eigenvalue weighted by molar-refractivity contribution is 7.10. The average molecular weight is 253 g/mol. The van der Waals surface area contributed by atoms with Crippen molar-refractivity contribution in [2.75, 3.05) is 7.11 Å². The lowest BCUT2D eigenvalue weighted by atomic mass is 10.1. The zero-order chi connectivity index (χ0) is 12.3. The summed E-state index contributed by atoms with van der Waals surface area (Å²) < 4.78 is 18.7. The molecule has 2 heterocycles. The van der Waals surface area contributed by atoms with Crippen molar-refractivity contribution in [3.05, 3.63) is 46.2 Å². The van der Waals surface area contributed by atoms with Crippen molar-refractivity contribution in [1.82, 2.24) is 10.4 Å². The number of methoxy groups -OCH3 is 1. The number of pyridine rings is 1. The Labute approximate surface area is 102 Å². The number of aromatic nitrogens is 1. The molecule has 1 atom stereocenters. The summed E-state index contributed by atoms with van der Waals surface area (Å²) in [6, 6.07) is 3.04. The summed E-state index contributed by atoms with van der Waals surface area (Å²) in [6.45, 7) is 0. The van der Waals surface area contributed by atoms with Gasteiger partial charge < -0.3 is 4.74 Å². The van der Waals surface area contributed by atoms with Crippen LogP contribution in [0.4, 0.5) is 4.39 Å². The highest BCUT2D eigenvalue weighted by Crippen LogP contribution is 2.31. The van der Waals surface area contributed by atoms with E-state index in [1.54, 1.807) is 13.2 Å².